The van der Waals surface area contributed by atoms with E-state index in [1.165, 1.54) is 5.57 Å². The van der Waals surface area contributed by atoms with Crippen molar-refractivity contribution in [3.63, 3.8) is 0 Å². The van der Waals surface area contributed by atoms with Gasteiger partial charge < -0.3 is 0 Å². The zero-order chi connectivity index (χ0) is 9.68. The molecule has 1 aliphatic carbocycles. The Bertz CT molecular complexity index is 266. The SMILES string of the molecule is CCC1=C(C[C-](N=O)N=O)CC=C1.[W]. The minimum atomic E-state index is -0.162. The normalized spacial score (nSPS) is 13.8. The summed E-state index contributed by atoms with van der Waals surface area (Å²) >= 11 is 0. The van der Waals surface area contributed by atoms with E-state index < -0.39 is 0 Å². The fourth-order valence-electron chi connectivity index (χ4n) is 1.42. The summed E-state index contributed by atoms with van der Waals surface area (Å²) < 4.78 is 0. The Hall–Kier alpha value is -0.762. The third-order valence-corrected chi connectivity index (χ3v) is 2.10. The Morgan fingerprint density at radius 1 is 1.43 bits per heavy atom. The summed E-state index contributed by atoms with van der Waals surface area (Å²) in [7, 11) is 0. The molecule has 1 aliphatic rings. The van der Waals surface area contributed by atoms with Gasteiger partial charge in [-0.1, -0.05) is 42.8 Å². The maximum atomic E-state index is 10.1. The van der Waals surface area contributed by atoms with Gasteiger partial charge in [-0.25, -0.2) is 10.4 Å². The first kappa shape index (κ1) is 13.2. The predicted molar refractivity (Wildman–Crippen MR) is 50.5 cm³/mol. The molecule has 0 amide bonds. The van der Waals surface area contributed by atoms with Gasteiger partial charge in [0.15, 0.2) is 0 Å². The summed E-state index contributed by atoms with van der Waals surface area (Å²) in [5.74, 6) is 0. The van der Waals surface area contributed by atoms with E-state index in [0.717, 1.165) is 18.4 Å². The van der Waals surface area contributed by atoms with Crippen molar-refractivity contribution in [2.75, 3.05) is 0 Å². The van der Waals surface area contributed by atoms with E-state index in [0.29, 0.717) is 6.42 Å². The van der Waals surface area contributed by atoms with E-state index in [1.54, 1.807) is 0 Å². The van der Waals surface area contributed by atoms with E-state index in [9.17, 15) is 9.81 Å². The summed E-state index contributed by atoms with van der Waals surface area (Å²) in [5, 5.41) is 5.13. The van der Waals surface area contributed by atoms with Gasteiger partial charge in [-0.15, -0.1) is 0 Å². The van der Waals surface area contributed by atoms with Gasteiger partial charge in [0.05, 0.1) is 0 Å². The van der Waals surface area contributed by atoms with Crippen molar-refractivity contribution in [3.05, 3.63) is 39.3 Å². The van der Waals surface area contributed by atoms with Gasteiger partial charge in [-0.2, -0.15) is 9.81 Å². The second-order valence-electron chi connectivity index (χ2n) is 2.86. The van der Waals surface area contributed by atoms with Gasteiger partial charge in [0, 0.05) is 21.1 Å². The average molecular weight is 363 g/mol. The van der Waals surface area contributed by atoms with Crippen LogP contribution in [0.1, 0.15) is 26.2 Å². The van der Waals surface area contributed by atoms with Crippen molar-refractivity contribution in [1.29, 1.82) is 0 Å². The number of nitrogens with zero attached hydrogens (tertiary/aromatic N) is 2. The summed E-state index contributed by atoms with van der Waals surface area (Å²) in [6, 6.07) is 0. The van der Waals surface area contributed by atoms with Crippen molar-refractivity contribution >= 4 is 0 Å². The molecule has 0 unspecified atom stereocenters. The molecular weight excluding hydrogens is 352 g/mol. The Balaban J connectivity index is 0.00000169. The number of nitroso groups, excluding NO2 is 2. The molecule has 1 rings (SSSR count). The quantitative estimate of drug-likeness (QED) is 0.557. The van der Waals surface area contributed by atoms with Gasteiger partial charge in [0.25, 0.3) is 0 Å². The minimum Gasteiger partial charge on any atom is -0.202 e. The Labute approximate surface area is 97.1 Å². The van der Waals surface area contributed by atoms with Crippen LogP contribution in [0.5, 0.6) is 0 Å². The summed E-state index contributed by atoms with van der Waals surface area (Å²) in [6.45, 7) is 2.04. The number of rotatable bonds is 5. The van der Waals surface area contributed by atoms with E-state index in [1.807, 2.05) is 19.1 Å². The van der Waals surface area contributed by atoms with Crippen LogP contribution in [0.4, 0.5) is 0 Å². The monoisotopic (exact) mass is 363 g/mol. The molecule has 0 radical (unpaired) electrons. The molecule has 0 aromatic carbocycles. The fourth-order valence-corrected chi connectivity index (χ4v) is 1.42. The van der Waals surface area contributed by atoms with Crippen molar-refractivity contribution in [2.45, 2.75) is 26.2 Å². The van der Waals surface area contributed by atoms with Crippen molar-refractivity contribution in [3.8, 4) is 0 Å². The summed E-state index contributed by atoms with van der Waals surface area (Å²) in [4.78, 5) is 20.2. The summed E-state index contributed by atoms with van der Waals surface area (Å²) in [5.41, 5.74) is 2.27. The van der Waals surface area contributed by atoms with Crippen LogP contribution in [0.3, 0.4) is 0 Å². The third kappa shape index (κ3) is 3.18. The van der Waals surface area contributed by atoms with Gasteiger partial charge in [0.2, 0.25) is 0 Å². The van der Waals surface area contributed by atoms with Crippen molar-refractivity contribution in [2.24, 2.45) is 10.4 Å². The van der Waals surface area contributed by atoms with E-state index in [-0.39, 0.29) is 27.2 Å². The van der Waals surface area contributed by atoms with Crippen LogP contribution in [0.15, 0.2) is 33.7 Å². The molecule has 5 heteroatoms. The largest absolute Gasteiger partial charge is 0.202 e. The Morgan fingerprint density at radius 2 is 2.07 bits per heavy atom. The predicted octanol–water partition coefficient (Wildman–Crippen LogP) is 3.06. The van der Waals surface area contributed by atoms with Gasteiger partial charge in [0.1, 0.15) is 0 Å². The zero-order valence-corrected chi connectivity index (χ0v) is 10.8. The first-order valence-corrected chi connectivity index (χ1v) is 4.21. The summed E-state index contributed by atoms with van der Waals surface area (Å²) in [6.07, 6.45) is 5.88. The molecule has 4 nitrogen and oxygen atoms in total. The first-order chi connectivity index (χ1) is 6.31. The molecule has 0 aromatic rings. The number of allylic oxidation sites excluding steroid dienone is 3. The molecule has 0 saturated heterocycles. The van der Waals surface area contributed by atoms with Crippen LogP contribution in [-0.2, 0) is 21.1 Å². The minimum absolute atomic E-state index is 0. The second-order valence-corrected chi connectivity index (χ2v) is 2.86. The Kier molecular flexibility index (Phi) is 6.29. The van der Waals surface area contributed by atoms with E-state index >= 15 is 0 Å². The molecule has 0 aliphatic heterocycles. The molecule has 0 heterocycles. The van der Waals surface area contributed by atoms with Gasteiger partial charge >= 0.3 is 0 Å². The Morgan fingerprint density at radius 3 is 2.57 bits per heavy atom. The number of hydrogen-bond acceptors (Lipinski definition) is 4. The maximum Gasteiger partial charge on any atom is 0 e. The molecular formula is C9H11N2O2W-. The third-order valence-electron chi connectivity index (χ3n) is 2.10. The molecule has 0 saturated carbocycles. The van der Waals surface area contributed by atoms with E-state index in [4.69, 9.17) is 0 Å². The molecule has 0 N–H and O–H groups in total. The van der Waals surface area contributed by atoms with Gasteiger partial charge in [-0.3, -0.25) is 0 Å². The second kappa shape index (κ2) is 6.66. The molecule has 0 aromatic heterocycles. The van der Waals surface area contributed by atoms with Crippen LogP contribution in [0.2, 0.25) is 0 Å². The maximum absolute atomic E-state index is 10.1. The topological polar surface area (TPSA) is 58.9 Å². The van der Waals surface area contributed by atoms with Crippen LogP contribution in [0, 0.1) is 16.0 Å². The smallest absolute Gasteiger partial charge is 0 e. The average Bonchev–Trinajstić information content (AvgIpc) is 2.61. The van der Waals surface area contributed by atoms with Gasteiger partial charge in [-0.05, 0) is 12.8 Å². The van der Waals surface area contributed by atoms with Crippen LogP contribution >= 0.6 is 0 Å². The van der Waals surface area contributed by atoms with Crippen molar-refractivity contribution in [1.82, 2.24) is 0 Å². The number of hydrogen-bond donors (Lipinski definition) is 0. The van der Waals surface area contributed by atoms with Crippen LogP contribution in [-0.4, -0.2) is 0 Å². The van der Waals surface area contributed by atoms with Crippen LogP contribution in [0.25, 0.3) is 0 Å². The van der Waals surface area contributed by atoms with E-state index in [2.05, 4.69) is 10.4 Å². The first-order valence-electron chi connectivity index (χ1n) is 4.21. The zero-order valence-electron chi connectivity index (χ0n) is 7.90. The molecule has 0 fully saturated rings. The standard InChI is InChI=1S/C9H11N2O2.W/c1-2-7-4-3-5-8(7)6-9(10-12)11-13;/h3-4H,2,5-6H2,1H3;/q-1;. The molecule has 0 atom stereocenters. The van der Waals surface area contributed by atoms with Crippen LogP contribution < -0.4 is 0 Å². The molecule has 0 bridgehead atoms. The molecule has 76 valence electrons. The van der Waals surface area contributed by atoms with Crippen molar-refractivity contribution < 1.29 is 21.1 Å². The molecule has 14 heavy (non-hydrogen) atoms. The fraction of sp³-hybridized carbons (Fsp3) is 0.444. The molecule has 0 spiro atoms.